The van der Waals surface area contributed by atoms with Gasteiger partial charge in [0.05, 0.1) is 16.7 Å². The van der Waals surface area contributed by atoms with Gasteiger partial charge < -0.3 is 5.11 Å². The summed E-state index contributed by atoms with van der Waals surface area (Å²) in [5, 5.41) is 12.5. The molecule has 1 aliphatic heterocycles. The van der Waals surface area contributed by atoms with Crippen LogP contribution < -0.4 is 4.57 Å². The Balaban J connectivity index is 1.39. The molecule has 4 heteroatoms. The molecule has 33 heavy (non-hydrogen) atoms. The molecule has 164 valence electrons. The molecule has 0 saturated heterocycles. The molecule has 3 nitrogen and oxygen atoms in total. The summed E-state index contributed by atoms with van der Waals surface area (Å²) in [6, 6.07) is 17.1. The van der Waals surface area contributed by atoms with Gasteiger partial charge in [0.1, 0.15) is 10.5 Å². The monoisotopic (exact) mass is 452 g/mol. The number of rotatable bonds is 1. The molecule has 4 aliphatic rings. The molecule has 7 rings (SSSR count). The van der Waals surface area contributed by atoms with Crippen LogP contribution in [0.4, 0.5) is 0 Å². The molecule has 0 amide bonds. The van der Waals surface area contributed by atoms with Crippen LogP contribution in [0.3, 0.4) is 0 Å². The van der Waals surface area contributed by atoms with Gasteiger partial charge in [-0.05, 0) is 54.9 Å². The summed E-state index contributed by atoms with van der Waals surface area (Å²) < 4.78 is 3.57. The molecule has 0 fully saturated rings. The highest BCUT2D eigenvalue weighted by atomic mass is 32.1. The van der Waals surface area contributed by atoms with Gasteiger partial charge >= 0.3 is 0 Å². The Morgan fingerprint density at radius 1 is 0.970 bits per heavy atom. The van der Waals surface area contributed by atoms with Crippen molar-refractivity contribution in [3.63, 3.8) is 0 Å². The minimum atomic E-state index is -0.0139. The smallest absolute Gasteiger partial charge is 0.266 e. The van der Waals surface area contributed by atoms with Crippen molar-refractivity contribution in [3.05, 3.63) is 92.7 Å². The minimum Gasteiger partial charge on any atom is -0.506 e. The van der Waals surface area contributed by atoms with Gasteiger partial charge in [-0.1, -0.05) is 60.2 Å². The second-order valence-corrected chi connectivity index (χ2v) is 11.0. The Hall–Kier alpha value is -2.98. The van der Waals surface area contributed by atoms with Crippen molar-refractivity contribution in [2.24, 2.45) is 0 Å². The number of carbonyl (C=O) groups excluding carboxylic acids is 1. The van der Waals surface area contributed by atoms with Crippen molar-refractivity contribution in [1.82, 2.24) is 0 Å². The van der Waals surface area contributed by atoms with E-state index in [1.807, 2.05) is 0 Å². The van der Waals surface area contributed by atoms with E-state index in [9.17, 15) is 9.90 Å². The van der Waals surface area contributed by atoms with Crippen LogP contribution in [-0.4, -0.2) is 10.9 Å². The molecule has 0 bridgehead atoms. The Kier molecular flexibility index (Phi) is 4.00. The van der Waals surface area contributed by atoms with E-state index in [2.05, 4.69) is 60.0 Å². The van der Waals surface area contributed by atoms with Crippen molar-refractivity contribution in [3.8, 4) is 0 Å². The molecule has 1 unspecified atom stereocenters. The second-order valence-electron chi connectivity index (χ2n) is 10.0. The van der Waals surface area contributed by atoms with Gasteiger partial charge in [0.15, 0.2) is 6.54 Å². The van der Waals surface area contributed by atoms with Crippen LogP contribution >= 0.6 is 11.3 Å². The van der Waals surface area contributed by atoms with E-state index in [0.29, 0.717) is 11.1 Å². The van der Waals surface area contributed by atoms with E-state index in [4.69, 9.17) is 0 Å². The summed E-state index contributed by atoms with van der Waals surface area (Å²) in [6.45, 7) is 3.29. The van der Waals surface area contributed by atoms with E-state index >= 15 is 0 Å². The zero-order valence-corrected chi connectivity index (χ0v) is 19.6. The number of allylic oxidation sites excluding steroid dienone is 5. The number of Topliss-reactive ketones (excluding diaryl/α,β-unsaturated/α-hetero) is 1. The average molecular weight is 453 g/mol. The average Bonchev–Trinajstić information content (AvgIpc) is 3.36. The fourth-order valence-corrected chi connectivity index (χ4v) is 7.99. The summed E-state index contributed by atoms with van der Waals surface area (Å²) in [6.07, 6.45) is 5.79. The summed E-state index contributed by atoms with van der Waals surface area (Å²) >= 11 is 1.74. The van der Waals surface area contributed by atoms with Crippen LogP contribution in [0.5, 0.6) is 0 Å². The van der Waals surface area contributed by atoms with Gasteiger partial charge in [-0.3, -0.25) is 4.79 Å². The zero-order valence-electron chi connectivity index (χ0n) is 18.8. The number of aliphatic hydroxyl groups is 1. The molecular weight excluding hydrogens is 426 g/mol. The zero-order chi connectivity index (χ0) is 22.3. The normalized spacial score (nSPS) is 26.4. The molecule has 0 spiro atoms. The lowest BCUT2D eigenvalue weighted by atomic mass is 9.66. The number of benzene rings is 2. The molecule has 0 saturated carbocycles. The van der Waals surface area contributed by atoms with Crippen molar-refractivity contribution < 1.29 is 14.5 Å². The topological polar surface area (TPSA) is 41.2 Å². The van der Waals surface area contributed by atoms with Gasteiger partial charge in [-0.15, -0.1) is 0 Å². The van der Waals surface area contributed by atoms with E-state index in [1.54, 1.807) is 11.3 Å². The SMILES string of the molecule is CC12CCCC(C3=C(O)C(=C4CCC[n+]5c4sc4ccccc45)C3=O)=C1Cc1ccccc12. The molecule has 1 aromatic heterocycles. The highest BCUT2D eigenvalue weighted by Gasteiger charge is 2.47. The molecule has 3 aromatic rings. The standard InChI is InChI=1S/C29H25NO2S/c1-29-14-6-9-18(21(29)16-17-8-2-3-11-20(17)29)24-26(31)25(27(24)32)19-10-7-15-30-22-12-4-5-13-23(22)33-28(19)30/h2-5,8,11-13H,6-7,9-10,14-16H2,1H3/p+1. The van der Waals surface area contributed by atoms with Crippen molar-refractivity contribution >= 4 is 32.9 Å². The largest absolute Gasteiger partial charge is 0.506 e. The Morgan fingerprint density at radius 3 is 2.64 bits per heavy atom. The first-order valence-electron chi connectivity index (χ1n) is 12.0. The Bertz CT molecular complexity index is 1480. The number of thiazole rings is 1. The molecule has 1 N–H and O–H groups in total. The first kappa shape index (κ1) is 19.5. The van der Waals surface area contributed by atoms with Gasteiger partial charge in [0.2, 0.25) is 11.3 Å². The van der Waals surface area contributed by atoms with Crippen molar-refractivity contribution in [1.29, 1.82) is 0 Å². The van der Waals surface area contributed by atoms with Gasteiger partial charge in [-0.25, -0.2) is 0 Å². The quantitative estimate of drug-likeness (QED) is 0.357. The highest BCUT2D eigenvalue weighted by molar-refractivity contribution is 7.19. The summed E-state index contributed by atoms with van der Waals surface area (Å²) in [5.74, 6) is 0.291. The second kappa shape index (κ2) is 6.77. The van der Waals surface area contributed by atoms with E-state index < -0.39 is 0 Å². The Labute approximate surface area is 197 Å². The summed E-state index contributed by atoms with van der Waals surface area (Å²) in [5.41, 5.74) is 8.67. The van der Waals surface area contributed by atoms with Gasteiger partial charge in [-0.2, -0.15) is 4.57 Å². The van der Waals surface area contributed by atoms with E-state index in [1.165, 1.54) is 26.9 Å². The molecule has 0 radical (unpaired) electrons. The van der Waals surface area contributed by atoms with E-state index in [0.717, 1.165) is 61.2 Å². The van der Waals surface area contributed by atoms with Gasteiger partial charge in [0.25, 0.3) is 5.01 Å². The number of aliphatic hydroxyl groups excluding tert-OH is 1. The van der Waals surface area contributed by atoms with E-state index in [-0.39, 0.29) is 17.0 Å². The maximum atomic E-state index is 13.6. The number of aryl methyl sites for hydroxylation is 1. The number of fused-ring (bicyclic) bond motifs is 6. The predicted molar refractivity (Wildman–Crippen MR) is 131 cm³/mol. The molecular formula is C29H26NO2S+. The minimum absolute atomic E-state index is 0.0139. The number of hydrogen-bond donors (Lipinski definition) is 1. The fraction of sp³-hybridized carbons (Fsp3) is 0.310. The molecule has 1 atom stereocenters. The first-order valence-corrected chi connectivity index (χ1v) is 12.8. The Morgan fingerprint density at radius 2 is 1.76 bits per heavy atom. The number of hydrogen-bond acceptors (Lipinski definition) is 3. The van der Waals surface area contributed by atoms with Crippen LogP contribution in [0, 0.1) is 0 Å². The third-order valence-electron chi connectivity index (χ3n) is 8.32. The number of para-hydroxylation sites is 1. The fourth-order valence-electron chi connectivity index (χ4n) is 6.73. The van der Waals surface area contributed by atoms with Crippen molar-refractivity contribution in [2.45, 2.75) is 57.4 Å². The van der Waals surface area contributed by atoms with Crippen LogP contribution in [0.2, 0.25) is 0 Å². The molecule has 3 aliphatic carbocycles. The number of nitrogens with zero attached hydrogens (tertiary/aromatic N) is 1. The maximum absolute atomic E-state index is 13.6. The number of aromatic nitrogens is 1. The molecule has 2 heterocycles. The lowest BCUT2D eigenvalue weighted by Gasteiger charge is -2.37. The number of ketones is 1. The lowest BCUT2D eigenvalue weighted by molar-refractivity contribution is -0.672. The van der Waals surface area contributed by atoms with Crippen LogP contribution in [0.1, 0.15) is 55.2 Å². The first-order chi connectivity index (χ1) is 16.1. The predicted octanol–water partition coefficient (Wildman–Crippen LogP) is 6.13. The maximum Gasteiger partial charge on any atom is 0.266 e. The third kappa shape index (κ3) is 2.50. The summed E-state index contributed by atoms with van der Waals surface area (Å²) in [4.78, 5) is 13.6. The highest BCUT2D eigenvalue weighted by Crippen LogP contribution is 2.54. The van der Waals surface area contributed by atoms with Crippen molar-refractivity contribution in [2.75, 3.05) is 0 Å². The summed E-state index contributed by atoms with van der Waals surface area (Å²) in [7, 11) is 0. The van der Waals surface area contributed by atoms with Crippen LogP contribution in [0.15, 0.2) is 76.6 Å². The third-order valence-corrected chi connectivity index (χ3v) is 9.54. The van der Waals surface area contributed by atoms with Crippen LogP contribution in [0.25, 0.3) is 15.8 Å². The van der Waals surface area contributed by atoms with Crippen LogP contribution in [-0.2, 0) is 23.2 Å². The molecule has 2 aromatic carbocycles. The van der Waals surface area contributed by atoms with Gasteiger partial charge in [0, 0.05) is 17.9 Å². The lowest BCUT2D eigenvalue weighted by Crippen LogP contribution is -2.40. The number of carbonyl (C=O) groups is 1.